The standard InChI is InChI=1S/C22H28N6OSi/c1-17-20(25-26-28(17)14-18-8-6-5-7-9-18)21-19-10-11-27(22(19)24-15-23-21)16-29-12-13-30(2,3)4/h5-11,15H,12-14,16H2,1-4H3. The van der Waals surface area contributed by atoms with Crippen molar-refractivity contribution >= 4 is 19.1 Å². The van der Waals surface area contributed by atoms with Crippen LogP contribution in [0.15, 0.2) is 48.9 Å². The zero-order valence-corrected chi connectivity index (χ0v) is 19.0. The molecule has 0 aliphatic carbocycles. The minimum absolute atomic E-state index is 0.490. The molecular weight excluding hydrogens is 392 g/mol. The van der Waals surface area contributed by atoms with E-state index in [4.69, 9.17) is 4.74 Å². The van der Waals surface area contributed by atoms with Gasteiger partial charge in [0.2, 0.25) is 0 Å². The average Bonchev–Trinajstić information content (AvgIpc) is 3.29. The number of hydrogen-bond acceptors (Lipinski definition) is 5. The van der Waals surface area contributed by atoms with Gasteiger partial charge in [-0.05, 0) is 24.6 Å². The number of rotatable bonds is 8. The van der Waals surface area contributed by atoms with Crippen LogP contribution in [-0.4, -0.2) is 44.2 Å². The Kier molecular flexibility index (Phi) is 5.78. The van der Waals surface area contributed by atoms with Gasteiger partial charge in [-0.3, -0.25) is 0 Å². The van der Waals surface area contributed by atoms with Gasteiger partial charge in [-0.1, -0.05) is 55.2 Å². The van der Waals surface area contributed by atoms with E-state index in [1.165, 1.54) is 5.56 Å². The molecule has 0 saturated carbocycles. The molecule has 0 aliphatic rings. The summed E-state index contributed by atoms with van der Waals surface area (Å²) < 4.78 is 9.84. The zero-order valence-electron chi connectivity index (χ0n) is 18.0. The fourth-order valence-electron chi connectivity index (χ4n) is 3.32. The average molecular weight is 421 g/mol. The van der Waals surface area contributed by atoms with E-state index in [2.05, 4.69) is 52.1 Å². The highest BCUT2D eigenvalue weighted by atomic mass is 28.3. The van der Waals surface area contributed by atoms with Gasteiger partial charge in [0.25, 0.3) is 0 Å². The van der Waals surface area contributed by atoms with Gasteiger partial charge in [0.05, 0.1) is 12.2 Å². The van der Waals surface area contributed by atoms with Gasteiger partial charge in [0.15, 0.2) is 0 Å². The quantitative estimate of drug-likeness (QED) is 0.313. The summed E-state index contributed by atoms with van der Waals surface area (Å²) in [6.45, 7) is 11.0. The SMILES string of the molecule is Cc1c(-c2ncnc3c2ccn3COCC[Si](C)(C)C)nnn1Cc1ccccc1. The van der Waals surface area contributed by atoms with Crippen molar-refractivity contribution in [1.29, 1.82) is 0 Å². The summed E-state index contributed by atoms with van der Waals surface area (Å²) in [5.41, 5.74) is 4.61. The van der Waals surface area contributed by atoms with E-state index in [0.717, 1.165) is 40.8 Å². The van der Waals surface area contributed by atoms with Gasteiger partial charge in [-0.25, -0.2) is 14.6 Å². The molecule has 3 heterocycles. The summed E-state index contributed by atoms with van der Waals surface area (Å²) in [7, 11) is -1.10. The second kappa shape index (κ2) is 8.49. The van der Waals surface area contributed by atoms with E-state index < -0.39 is 8.07 Å². The lowest BCUT2D eigenvalue weighted by Crippen LogP contribution is -2.22. The fourth-order valence-corrected chi connectivity index (χ4v) is 4.08. The Balaban J connectivity index is 1.56. The number of fused-ring (bicyclic) bond motifs is 1. The first-order chi connectivity index (χ1) is 14.4. The number of nitrogens with zero attached hydrogens (tertiary/aromatic N) is 6. The topological polar surface area (TPSA) is 70.7 Å². The zero-order chi connectivity index (χ0) is 21.1. The molecule has 30 heavy (non-hydrogen) atoms. The van der Waals surface area contributed by atoms with Crippen LogP contribution >= 0.6 is 0 Å². The highest BCUT2D eigenvalue weighted by Crippen LogP contribution is 2.27. The van der Waals surface area contributed by atoms with Crippen molar-refractivity contribution < 1.29 is 4.74 Å². The molecule has 0 unspecified atom stereocenters. The lowest BCUT2D eigenvalue weighted by molar-refractivity contribution is 0.0899. The molecule has 8 heteroatoms. The third-order valence-corrected chi connectivity index (χ3v) is 6.87. The van der Waals surface area contributed by atoms with Crippen LogP contribution in [0.2, 0.25) is 25.7 Å². The third kappa shape index (κ3) is 4.49. The van der Waals surface area contributed by atoms with E-state index >= 15 is 0 Å². The summed E-state index contributed by atoms with van der Waals surface area (Å²) in [5, 5.41) is 9.75. The second-order valence-corrected chi connectivity index (χ2v) is 14.4. The van der Waals surface area contributed by atoms with Gasteiger partial charge in [0, 0.05) is 26.3 Å². The first kappa shape index (κ1) is 20.4. The van der Waals surface area contributed by atoms with Crippen molar-refractivity contribution in [2.75, 3.05) is 6.61 Å². The molecule has 156 valence electrons. The van der Waals surface area contributed by atoms with Crippen molar-refractivity contribution in [2.45, 2.75) is 45.9 Å². The van der Waals surface area contributed by atoms with Crippen molar-refractivity contribution in [3.8, 4) is 11.4 Å². The summed E-state index contributed by atoms with van der Waals surface area (Å²) >= 11 is 0. The van der Waals surface area contributed by atoms with Crippen molar-refractivity contribution in [3.05, 3.63) is 60.2 Å². The molecule has 0 radical (unpaired) electrons. The molecule has 0 spiro atoms. The minimum atomic E-state index is -1.10. The van der Waals surface area contributed by atoms with E-state index in [-0.39, 0.29) is 0 Å². The molecule has 0 aliphatic heterocycles. The number of hydrogen-bond donors (Lipinski definition) is 0. The summed E-state index contributed by atoms with van der Waals surface area (Å²) in [4.78, 5) is 9.01. The Hall–Kier alpha value is -2.84. The van der Waals surface area contributed by atoms with Gasteiger partial charge in [-0.2, -0.15) is 0 Å². The molecule has 0 atom stereocenters. The van der Waals surface area contributed by atoms with Gasteiger partial charge >= 0.3 is 0 Å². The van der Waals surface area contributed by atoms with E-state index in [1.807, 2.05) is 46.6 Å². The molecular formula is C22H28N6OSi. The largest absolute Gasteiger partial charge is 0.361 e. The van der Waals surface area contributed by atoms with Crippen LogP contribution in [-0.2, 0) is 18.0 Å². The van der Waals surface area contributed by atoms with E-state index in [9.17, 15) is 0 Å². The number of aromatic nitrogens is 6. The van der Waals surface area contributed by atoms with Crippen molar-refractivity contribution in [1.82, 2.24) is 29.5 Å². The lowest BCUT2D eigenvalue weighted by Gasteiger charge is -2.15. The first-order valence-corrected chi connectivity index (χ1v) is 13.9. The Morgan fingerprint density at radius 1 is 1.00 bits per heavy atom. The maximum absolute atomic E-state index is 5.91. The van der Waals surface area contributed by atoms with Crippen LogP contribution in [0.1, 0.15) is 11.3 Å². The maximum atomic E-state index is 5.91. The van der Waals surface area contributed by atoms with Gasteiger partial charge in [0.1, 0.15) is 30.1 Å². The predicted octanol–water partition coefficient (Wildman–Crippen LogP) is 4.36. The fraction of sp³-hybridized carbons (Fsp3) is 0.364. The lowest BCUT2D eigenvalue weighted by atomic mass is 10.2. The van der Waals surface area contributed by atoms with Crippen molar-refractivity contribution in [3.63, 3.8) is 0 Å². The van der Waals surface area contributed by atoms with Crippen LogP contribution in [0.3, 0.4) is 0 Å². The molecule has 7 nitrogen and oxygen atoms in total. The summed E-state index contributed by atoms with van der Waals surface area (Å²) in [6.07, 6.45) is 3.59. The first-order valence-electron chi connectivity index (χ1n) is 10.2. The number of benzene rings is 1. The molecule has 0 saturated heterocycles. The number of ether oxygens (including phenoxy) is 1. The normalized spacial score (nSPS) is 12.0. The Labute approximate surface area is 177 Å². The smallest absolute Gasteiger partial charge is 0.145 e. The highest BCUT2D eigenvalue weighted by Gasteiger charge is 2.17. The molecule has 0 fully saturated rings. The van der Waals surface area contributed by atoms with Crippen molar-refractivity contribution in [2.24, 2.45) is 0 Å². The monoisotopic (exact) mass is 420 g/mol. The Morgan fingerprint density at radius 2 is 1.80 bits per heavy atom. The Bertz CT molecular complexity index is 1130. The molecule has 4 rings (SSSR count). The van der Waals surface area contributed by atoms with Gasteiger partial charge in [-0.15, -0.1) is 5.10 Å². The van der Waals surface area contributed by atoms with Crippen LogP contribution in [0.4, 0.5) is 0 Å². The predicted molar refractivity (Wildman–Crippen MR) is 121 cm³/mol. The van der Waals surface area contributed by atoms with Crippen LogP contribution in [0, 0.1) is 6.92 Å². The summed E-state index contributed by atoms with van der Waals surface area (Å²) in [5.74, 6) is 0. The molecule has 0 amide bonds. The molecule has 4 aromatic rings. The molecule has 3 aromatic heterocycles. The molecule has 0 bridgehead atoms. The van der Waals surface area contributed by atoms with Crippen LogP contribution < -0.4 is 0 Å². The van der Waals surface area contributed by atoms with E-state index in [0.29, 0.717) is 13.3 Å². The van der Waals surface area contributed by atoms with Crippen LogP contribution in [0.5, 0.6) is 0 Å². The maximum Gasteiger partial charge on any atom is 0.145 e. The second-order valence-electron chi connectivity index (χ2n) is 8.76. The summed E-state index contributed by atoms with van der Waals surface area (Å²) in [6, 6.07) is 13.4. The molecule has 1 aromatic carbocycles. The van der Waals surface area contributed by atoms with Gasteiger partial charge < -0.3 is 9.30 Å². The third-order valence-electron chi connectivity index (χ3n) is 5.16. The van der Waals surface area contributed by atoms with E-state index in [1.54, 1.807) is 6.33 Å². The minimum Gasteiger partial charge on any atom is -0.361 e. The Morgan fingerprint density at radius 3 is 2.57 bits per heavy atom. The van der Waals surface area contributed by atoms with Crippen LogP contribution in [0.25, 0.3) is 22.4 Å². The highest BCUT2D eigenvalue weighted by molar-refractivity contribution is 6.76. The molecule has 0 N–H and O–H groups in total.